The molecule has 5 nitrogen and oxygen atoms in total. The molecule has 2 atom stereocenters. The summed E-state index contributed by atoms with van der Waals surface area (Å²) < 4.78 is 5.83. The number of carbonyl (C=O) groups is 1. The Morgan fingerprint density at radius 3 is 2.89 bits per heavy atom. The molecule has 0 spiro atoms. The van der Waals surface area contributed by atoms with Gasteiger partial charge < -0.3 is 14.7 Å². The molecule has 5 heteroatoms. The Kier molecular flexibility index (Phi) is 5.60. The van der Waals surface area contributed by atoms with Crippen LogP contribution in [0.1, 0.15) is 26.2 Å². The molecule has 0 radical (unpaired) electrons. The van der Waals surface area contributed by atoms with E-state index in [1.807, 2.05) is 0 Å². The van der Waals surface area contributed by atoms with Crippen LogP contribution in [-0.4, -0.2) is 72.9 Å². The van der Waals surface area contributed by atoms with Crippen LogP contribution in [0.4, 0.5) is 0 Å². The van der Waals surface area contributed by atoms with Crippen LogP contribution in [0.25, 0.3) is 0 Å². The number of hydrogen-bond donors (Lipinski definition) is 1. The molecule has 0 bridgehead atoms. The summed E-state index contributed by atoms with van der Waals surface area (Å²) in [6, 6.07) is 0. The van der Waals surface area contributed by atoms with E-state index in [0.29, 0.717) is 18.4 Å². The van der Waals surface area contributed by atoms with Crippen LogP contribution in [0.3, 0.4) is 0 Å². The van der Waals surface area contributed by atoms with E-state index in [-0.39, 0.29) is 0 Å². The predicted molar refractivity (Wildman–Crippen MR) is 73.3 cm³/mol. The molecule has 2 rings (SSSR count). The fourth-order valence-corrected chi connectivity index (χ4v) is 3.11. The number of aliphatic carboxylic acids is 1. The topological polar surface area (TPSA) is 53.0 Å². The lowest BCUT2D eigenvalue weighted by molar-refractivity contribution is -0.137. The van der Waals surface area contributed by atoms with Crippen LogP contribution in [0.2, 0.25) is 0 Å². The zero-order valence-corrected chi connectivity index (χ0v) is 11.9. The maximum Gasteiger partial charge on any atom is 0.303 e. The second kappa shape index (κ2) is 7.22. The quantitative estimate of drug-likeness (QED) is 0.777. The molecule has 19 heavy (non-hydrogen) atoms. The first-order valence-electron chi connectivity index (χ1n) is 7.45. The first-order chi connectivity index (χ1) is 9.17. The van der Waals surface area contributed by atoms with Crippen molar-refractivity contribution in [3.05, 3.63) is 0 Å². The highest BCUT2D eigenvalue weighted by molar-refractivity contribution is 5.66. The number of rotatable bonds is 6. The third-order valence-corrected chi connectivity index (χ3v) is 4.27. The fourth-order valence-electron chi connectivity index (χ4n) is 3.11. The first-order valence-corrected chi connectivity index (χ1v) is 7.45. The number of carboxylic acid groups (broad SMARTS) is 1. The second-order valence-electron chi connectivity index (χ2n) is 5.73. The summed E-state index contributed by atoms with van der Waals surface area (Å²) in [5, 5.41) is 8.72. The van der Waals surface area contributed by atoms with Gasteiger partial charge in [-0.1, -0.05) is 6.92 Å². The third-order valence-electron chi connectivity index (χ3n) is 4.27. The van der Waals surface area contributed by atoms with Gasteiger partial charge in [0, 0.05) is 32.6 Å². The van der Waals surface area contributed by atoms with Crippen LogP contribution in [-0.2, 0) is 9.53 Å². The average Bonchev–Trinajstić information content (AvgIpc) is 2.84. The van der Waals surface area contributed by atoms with Gasteiger partial charge in [-0.3, -0.25) is 9.69 Å². The van der Waals surface area contributed by atoms with Gasteiger partial charge in [-0.25, -0.2) is 0 Å². The van der Waals surface area contributed by atoms with Gasteiger partial charge in [0.15, 0.2) is 0 Å². The first kappa shape index (κ1) is 14.8. The number of likely N-dealkylation sites (N-methyl/N-ethyl adjacent to an activating group) is 1. The van der Waals surface area contributed by atoms with Gasteiger partial charge >= 0.3 is 5.97 Å². The summed E-state index contributed by atoms with van der Waals surface area (Å²) in [7, 11) is 0. The van der Waals surface area contributed by atoms with E-state index in [1.165, 1.54) is 0 Å². The van der Waals surface area contributed by atoms with Gasteiger partial charge in [-0.05, 0) is 31.8 Å². The normalized spacial score (nSPS) is 29.7. The van der Waals surface area contributed by atoms with Gasteiger partial charge in [-0.15, -0.1) is 0 Å². The van der Waals surface area contributed by atoms with Crippen molar-refractivity contribution in [2.75, 3.05) is 45.9 Å². The van der Waals surface area contributed by atoms with E-state index in [0.717, 1.165) is 58.7 Å². The molecule has 2 aliphatic rings. The van der Waals surface area contributed by atoms with Crippen molar-refractivity contribution in [1.29, 1.82) is 0 Å². The Hall–Kier alpha value is -0.650. The monoisotopic (exact) mass is 270 g/mol. The summed E-state index contributed by atoms with van der Waals surface area (Å²) in [5.41, 5.74) is 0. The van der Waals surface area contributed by atoms with Crippen LogP contribution in [0, 0.1) is 5.92 Å². The number of carboxylic acids is 1. The minimum Gasteiger partial charge on any atom is -0.481 e. The molecule has 2 saturated heterocycles. The smallest absolute Gasteiger partial charge is 0.303 e. The van der Waals surface area contributed by atoms with E-state index in [4.69, 9.17) is 9.84 Å². The minimum atomic E-state index is -0.673. The summed E-state index contributed by atoms with van der Waals surface area (Å²) in [6.45, 7) is 9.35. The highest BCUT2D eigenvalue weighted by atomic mass is 16.5. The van der Waals surface area contributed by atoms with Gasteiger partial charge in [-0.2, -0.15) is 0 Å². The molecule has 0 aromatic heterocycles. The lowest BCUT2D eigenvalue weighted by Crippen LogP contribution is -2.47. The predicted octanol–water partition coefficient (Wildman–Crippen LogP) is 0.894. The molecular weight excluding hydrogens is 244 g/mol. The number of hydrogen-bond acceptors (Lipinski definition) is 4. The Labute approximate surface area is 115 Å². The van der Waals surface area contributed by atoms with Crippen molar-refractivity contribution in [1.82, 2.24) is 9.80 Å². The molecule has 0 saturated carbocycles. The number of likely N-dealkylation sites (tertiary alicyclic amines) is 1. The largest absolute Gasteiger partial charge is 0.481 e. The maximum absolute atomic E-state index is 10.6. The molecule has 0 aromatic rings. The fraction of sp³-hybridized carbons (Fsp3) is 0.929. The molecule has 0 aromatic carbocycles. The highest BCUT2D eigenvalue weighted by Crippen LogP contribution is 2.21. The average molecular weight is 270 g/mol. The summed E-state index contributed by atoms with van der Waals surface area (Å²) in [5.74, 6) is -0.116. The van der Waals surface area contributed by atoms with Gasteiger partial charge in [0.05, 0.1) is 12.7 Å². The zero-order chi connectivity index (χ0) is 13.7. The second-order valence-corrected chi connectivity index (χ2v) is 5.73. The van der Waals surface area contributed by atoms with E-state index in [2.05, 4.69) is 16.7 Å². The van der Waals surface area contributed by atoms with Crippen molar-refractivity contribution in [2.24, 2.45) is 5.92 Å². The summed E-state index contributed by atoms with van der Waals surface area (Å²) in [4.78, 5) is 15.5. The minimum absolute atomic E-state index is 0.308. The van der Waals surface area contributed by atoms with E-state index < -0.39 is 5.97 Å². The lowest BCUT2D eigenvalue weighted by Gasteiger charge is -2.34. The molecule has 0 amide bonds. The van der Waals surface area contributed by atoms with Crippen molar-refractivity contribution in [3.63, 3.8) is 0 Å². The van der Waals surface area contributed by atoms with Gasteiger partial charge in [0.1, 0.15) is 0 Å². The van der Waals surface area contributed by atoms with E-state index in [1.54, 1.807) is 0 Å². The third kappa shape index (κ3) is 4.75. The Balaban J connectivity index is 1.68. The number of nitrogens with zero attached hydrogens (tertiary/aromatic N) is 2. The van der Waals surface area contributed by atoms with Gasteiger partial charge in [0.25, 0.3) is 0 Å². The maximum atomic E-state index is 10.6. The zero-order valence-electron chi connectivity index (χ0n) is 11.9. The van der Waals surface area contributed by atoms with Crippen molar-refractivity contribution >= 4 is 5.97 Å². The standard InChI is InChI=1S/C14H26N2O3/c1-2-15-7-8-19-13(10-15)11-16-6-5-12(9-16)3-4-14(17)18/h12-13H,2-11H2,1H3,(H,17,18). The molecule has 110 valence electrons. The molecule has 2 unspecified atom stereocenters. The number of ether oxygens (including phenoxy) is 1. The SMILES string of the molecule is CCN1CCOC(CN2CCC(CCC(=O)O)C2)C1. The highest BCUT2D eigenvalue weighted by Gasteiger charge is 2.27. The van der Waals surface area contributed by atoms with Crippen molar-refractivity contribution in [3.8, 4) is 0 Å². The summed E-state index contributed by atoms with van der Waals surface area (Å²) >= 11 is 0. The molecule has 0 aliphatic carbocycles. The van der Waals surface area contributed by atoms with Crippen molar-refractivity contribution in [2.45, 2.75) is 32.3 Å². The molecule has 2 heterocycles. The molecule has 2 aliphatic heterocycles. The van der Waals surface area contributed by atoms with Crippen LogP contribution in [0.5, 0.6) is 0 Å². The summed E-state index contributed by atoms with van der Waals surface area (Å²) in [6.07, 6.45) is 2.59. The van der Waals surface area contributed by atoms with Crippen molar-refractivity contribution < 1.29 is 14.6 Å². The Morgan fingerprint density at radius 1 is 1.32 bits per heavy atom. The van der Waals surface area contributed by atoms with Gasteiger partial charge in [0.2, 0.25) is 0 Å². The van der Waals surface area contributed by atoms with E-state index >= 15 is 0 Å². The molecule has 2 fully saturated rings. The van der Waals surface area contributed by atoms with Crippen LogP contribution >= 0.6 is 0 Å². The van der Waals surface area contributed by atoms with Crippen LogP contribution in [0.15, 0.2) is 0 Å². The van der Waals surface area contributed by atoms with Crippen LogP contribution < -0.4 is 0 Å². The number of morpholine rings is 1. The molecular formula is C14H26N2O3. The van der Waals surface area contributed by atoms with E-state index in [9.17, 15) is 4.79 Å². The Bertz CT molecular complexity index is 298. The Morgan fingerprint density at radius 2 is 2.16 bits per heavy atom. The molecule has 1 N–H and O–H groups in total. The lowest BCUT2D eigenvalue weighted by atomic mass is 10.0.